The topological polar surface area (TPSA) is 24.9 Å². The Labute approximate surface area is 171 Å². The molecule has 0 unspecified atom stereocenters. The summed E-state index contributed by atoms with van der Waals surface area (Å²) in [6, 6.07) is 6.47. The molecule has 0 aliphatic carbocycles. The van der Waals surface area contributed by atoms with Crippen molar-refractivity contribution in [2.75, 3.05) is 0 Å². The average molecular weight is 452 g/mol. The van der Waals surface area contributed by atoms with Gasteiger partial charge in [-0.15, -0.1) is 0 Å². The van der Waals surface area contributed by atoms with E-state index in [1.54, 1.807) is 0 Å². The molecule has 0 saturated carbocycles. The van der Waals surface area contributed by atoms with Gasteiger partial charge in [0.2, 0.25) is 0 Å². The molecule has 0 aliphatic heterocycles. The molecule has 1 rings (SSSR count). The Morgan fingerprint density at radius 1 is 0.920 bits per heavy atom. The van der Waals surface area contributed by atoms with E-state index in [1.807, 2.05) is 0 Å². The summed E-state index contributed by atoms with van der Waals surface area (Å²) in [5, 5.41) is 4.21. The van der Waals surface area contributed by atoms with Crippen LogP contribution in [0.4, 0.5) is 0 Å². The number of rotatable bonds is 4. The number of halogens is 2. The number of nitrogens with one attached hydrogen (secondary N) is 1. The zero-order chi connectivity index (χ0) is 19.9. The molecule has 0 bridgehead atoms. The maximum atomic E-state index is 4.90. The van der Waals surface area contributed by atoms with E-state index in [0.29, 0.717) is 23.2 Å². The van der Waals surface area contributed by atoms with Crippen molar-refractivity contribution in [3.63, 3.8) is 0 Å². The Balaban J connectivity index is 0.00000178. The van der Waals surface area contributed by atoms with Crippen molar-refractivity contribution < 1.29 is 12.9 Å². The molecule has 25 heavy (non-hydrogen) atoms. The molecule has 0 saturated heterocycles. The van der Waals surface area contributed by atoms with Crippen LogP contribution in [0, 0.1) is 0 Å². The molecule has 1 aromatic heterocycles. The van der Waals surface area contributed by atoms with Gasteiger partial charge < -0.3 is 5.32 Å². The molecule has 1 heterocycles. The van der Waals surface area contributed by atoms with Crippen LogP contribution in [0.5, 0.6) is 0 Å². The first kappa shape index (κ1) is 25.6. The van der Waals surface area contributed by atoms with E-state index in [-0.39, 0.29) is 13.5 Å². The fourth-order valence-corrected chi connectivity index (χ4v) is 6.18. The van der Waals surface area contributed by atoms with Crippen LogP contribution >= 0.6 is 28.2 Å². The van der Waals surface area contributed by atoms with Crippen LogP contribution in [0.15, 0.2) is 18.2 Å². The van der Waals surface area contributed by atoms with E-state index in [2.05, 4.69) is 85.8 Å². The van der Waals surface area contributed by atoms with Gasteiger partial charge in [-0.05, 0) is 43.2 Å². The fraction of sp³-hybridized carbons (Fsp3) is 0.737. The Kier molecular flexibility index (Phi) is 11.1. The first-order chi connectivity index (χ1) is 11.2. The SMILES string of the molecule is CC(C)(C)NCc1cccc(CP(C(C)(C)C)C(C)(C)C)n1.[Cl][Co][Cl]. The van der Waals surface area contributed by atoms with Gasteiger partial charge in [0, 0.05) is 23.9 Å². The number of nitrogens with zero attached hydrogens (tertiary/aromatic N) is 1. The molecule has 0 fully saturated rings. The fourth-order valence-electron chi connectivity index (χ4n) is 2.71. The average Bonchev–Trinajstić information content (AvgIpc) is 2.41. The molecule has 0 spiro atoms. The van der Waals surface area contributed by atoms with Crippen molar-refractivity contribution in [1.29, 1.82) is 0 Å². The second-order valence-corrected chi connectivity index (χ2v) is 14.8. The maximum absolute atomic E-state index is 4.90. The van der Waals surface area contributed by atoms with Gasteiger partial charge in [0.15, 0.2) is 0 Å². The van der Waals surface area contributed by atoms with E-state index in [1.165, 1.54) is 5.69 Å². The van der Waals surface area contributed by atoms with Crippen molar-refractivity contribution in [2.24, 2.45) is 0 Å². The first-order valence-corrected chi connectivity index (χ1v) is 12.9. The summed E-state index contributed by atoms with van der Waals surface area (Å²) in [7, 11) is 9.32. The zero-order valence-electron chi connectivity index (χ0n) is 17.1. The normalized spacial score (nSPS) is 13.0. The van der Waals surface area contributed by atoms with Crippen LogP contribution in [0.1, 0.15) is 73.7 Å². The molecule has 2 nitrogen and oxygen atoms in total. The predicted molar refractivity (Wildman–Crippen MR) is 113 cm³/mol. The van der Waals surface area contributed by atoms with Gasteiger partial charge >= 0.3 is 33.2 Å². The Hall–Kier alpha value is 0.626. The molecule has 0 aliphatic rings. The summed E-state index contributed by atoms with van der Waals surface area (Å²) in [5.41, 5.74) is 2.51. The minimum absolute atomic E-state index is 0.126. The quantitative estimate of drug-likeness (QED) is 0.502. The van der Waals surface area contributed by atoms with Gasteiger partial charge in [-0.1, -0.05) is 55.5 Å². The van der Waals surface area contributed by atoms with Gasteiger partial charge in [-0.3, -0.25) is 4.98 Å². The van der Waals surface area contributed by atoms with E-state index in [4.69, 9.17) is 25.3 Å². The summed E-state index contributed by atoms with van der Waals surface area (Å²) in [6.07, 6.45) is 1.10. The molecule has 1 N–H and O–H groups in total. The van der Waals surface area contributed by atoms with Gasteiger partial charge in [0.1, 0.15) is 0 Å². The Morgan fingerprint density at radius 2 is 1.36 bits per heavy atom. The zero-order valence-corrected chi connectivity index (χ0v) is 20.6. The van der Waals surface area contributed by atoms with Crippen LogP contribution in [-0.4, -0.2) is 20.8 Å². The van der Waals surface area contributed by atoms with Crippen molar-refractivity contribution in [2.45, 2.75) is 90.9 Å². The number of hydrogen-bond acceptors (Lipinski definition) is 2. The summed E-state index contributed by atoms with van der Waals surface area (Å²) >= 11 is 0.382. The monoisotopic (exact) mass is 451 g/mol. The molecule has 0 amide bonds. The summed E-state index contributed by atoms with van der Waals surface area (Å²) in [4.78, 5) is 4.90. The third-order valence-electron chi connectivity index (χ3n) is 3.60. The molecule has 0 aromatic carbocycles. The van der Waals surface area contributed by atoms with Crippen LogP contribution in [0.25, 0.3) is 0 Å². The van der Waals surface area contributed by atoms with Crippen LogP contribution in [-0.2, 0) is 25.6 Å². The third kappa shape index (κ3) is 11.8. The number of pyridine rings is 1. The number of aromatic nitrogens is 1. The second-order valence-electron chi connectivity index (χ2n) is 9.20. The van der Waals surface area contributed by atoms with E-state index < -0.39 is 0 Å². The van der Waals surface area contributed by atoms with Gasteiger partial charge in [-0.25, -0.2) is 0 Å². The van der Waals surface area contributed by atoms with E-state index in [9.17, 15) is 0 Å². The van der Waals surface area contributed by atoms with Gasteiger partial charge in [0.25, 0.3) is 0 Å². The third-order valence-corrected chi connectivity index (χ3v) is 7.48. The molecule has 0 radical (unpaired) electrons. The van der Waals surface area contributed by atoms with Crippen molar-refractivity contribution in [3.8, 4) is 0 Å². The molecular formula is C19H35Cl2CoN2P. The van der Waals surface area contributed by atoms with Crippen molar-refractivity contribution >= 4 is 28.2 Å². The Bertz CT molecular complexity index is 491. The van der Waals surface area contributed by atoms with Crippen molar-refractivity contribution in [1.82, 2.24) is 10.3 Å². The first-order valence-electron chi connectivity index (χ1n) is 8.52. The van der Waals surface area contributed by atoms with Gasteiger partial charge in [-0.2, -0.15) is 0 Å². The van der Waals surface area contributed by atoms with Crippen LogP contribution in [0.2, 0.25) is 0 Å². The second kappa shape index (κ2) is 10.8. The summed E-state index contributed by atoms with van der Waals surface area (Å²) in [5.74, 6) is 0. The predicted octanol–water partition coefficient (Wildman–Crippen LogP) is 6.93. The van der Waals surface area contributed by atoms with E-state index >= 15 is 0 Å². The summed E-state index contributed by atoms with van der Waals surface area (Å²) < 4.78 is 0. The number of hydrogen-bond donors (Lipinski definition) is 1. The van der Waals surface area contributed by atoms with Crippen LogP contribution < -0.4 is 5.32 Å². The Morgan fingerprint density at radius 3 is 1.76 bits per heavy atom. The molecular weight excluding hydrogens is 417 g/mol. The van der Waals surface area contributed by atoms with Crippen LogP contribution in [0.3, 0.4) is 0 Å². The minimum atomic E-state index is -0.146. The van der Waals surface area contributed by atoms with E-state index in [0.717, 1.165) is 18.4 Å². The van der Waals surface area contributed by atoms with Crippen molar-refractivity contribution in [3.05, 3.63) is 29.6 Å². The standard InChI is InChI=1S/C19H35N2P.2ClH.Co/c1-17(2,3)20-13-15-11-10-12-16(21-15)14-22(18(4,5)6)19(7,8)9;;;/h10-12,20H,13-14H2,1-9H3;2*1H;/q;;;+2/p-2. The molecule has 149 valence electrons. The van der Waals surface area contributed by atoms with Gasteiger partial charge in [0.05, 0.1) is 5.69 Å². The molecule has 1 aromatic rings. The summed E-state index contributed by atoms with van der Waals surface area (Å²) in [6.45, 7) is 21.6. The molecule has 0 atom stereocenters. The molecule has 6 heteroatoms.